The number of thiazole rings is 1. The van der Waals surface area contributed by atoms with Crippen molar-refractivity contribution in [1.82, 2.24) is 10.3 Å². The number of amides is 1. The molecule has 0 bridgehead atoms. The van der Waals surface area contributed by atoms with Gasteiger partial charge in [-0.3, -0.25) is 4.79 Å². The third-order valence-electron chi connectivity index (χ3n) is 3.16. The number of carbonyl (C=O) groups is 1. The molecule has 1 aliphatic heterocycles. The van der Waals surface area contributed by atoms with Crippen LogP contribution in [0.25, 0.3) is 0 Å². The molecular weight excluding hydrogens is 248 g/mol. The van der Waals surface area contributed by atoms with Gasteiger partial charge in [0.15, 0.2) is 0 Å². The van der Waals surface area contributed by atoms with Crippen molar-refractivity contribution in [3.63, 3.8) is 0 Å². The van der Waals surface area contributed by atoms with Crippen molar-refractivity contribution in [1.29, 1.82) is 0 Å². The van der Waals surface area contributed by atoms with Gasteiger partial charge in [-0.25, -0.2) is 4.98 Å². The molecule has 4 nitrogen and oxygen atoms in total. The Labute approximate surface area is 112 Å². The van der Waals surface area contributed by atoms with Gasteiger partial charge >= 0.3 is 0 Å². The average Bonchev–Trinajstić information content (AvgIpc) is 2.96. The zero-order chi connectivity index (χ0) is 13.0. The molecule has 0 aliphatic carbocycles. The second-order valence-corrected chi connectivity index (χ2v) is 5.93. The van der Waals surface area contributed by atoms with E-state index in [9.17, 15) is 4.79 Å². The average molecular weight is 268 g/mol. The van der Waals surface area contributed by atoms with Crippen molar-refractivity contribution in [2.75, 3.05) is 13.2 Å². The van der Waals surface area contributed by atoms with E-state index in [4.69, 9.17) is 4.74 Å². The summed E-state index contributed by atoms with van der Waals surface area (Å²) in [6, 6.07) is 0. The van der Waals surface area contributed by atoms with Gasteiger partial charge in [-0.1, -0.05) is 0 Å². The predicted octanol–water partition coefficient (Wildman–Crippen LogP) is 1.99. The minimum Gasteiger partial charge on any atom is -0.368 e. The highest BCUT2D eigenvalue weighted by Gasteiger charge is 2.22. The summed E-state index contributed by atoms with van der Waals surface area (Å²) in [7, 11) is 0. The van der Waals surface area contributed by atoms with E-state index in [1.165, 1.54) is 4.88 Å². The fourth-order valence-electron chi connectivity index (χ4n) is 2.00. The molecule has 1 atom stereocenters. The largest absolute Gasteiger partial charge is 0.368 e. The van der Waals surface area contributed by atoms with E-state index in [-0.39, 0.29) is 12.0 Å². The molecule has 2 heterocycles. The van der Waals surface area contributed by atoms with Gasteiger partial charge in [-0.15, -0.1) is 11.3 Å². The molecule has 5 heteroatoms. The topological polar surface area (TPSA) is 51.2 Å². The Morgan fingerprint density at radius 1 is 1.56 bits per heavy atom. The third kappa shape index (κ3) is 3.53. The molecule has 1 aliphatic rings. The Morgan fingerprint density at radius 3 is 3.00 bits per heavy atom. The van der Waals surface area contributed by atoms with Gasteiger partial charge in [0, 0.05) is 24.4 Å². The first kappa shape index (κ1) is 13.5. The molecule has 0 radical (unpaired) electrons. The Balaban J connectivity index is 1.65. The first-order valence-corrected chi connectivity index (χ1v) is 7.30. The van der Waals surface area contributed by atoms with E-state index >= 15 is 0 Å². The molecule has 2 rings (SSSR count). The van der Waals surface area contributed by atoms with Gasteiger partial charge in [0.05, 0.1) is 10.7 Å². The van der Waals surface area contributed by atoms with Crippen molar-refractivity contribution >= 4 is 17.2 Å². The quantitative estimate of drug-likeness (QED) is 0.831. The zero-order valence-corrected chi connectivity index (χ0v) is 11.8. The Kier molecular flexibility index (Phi) is 4.72. The van der Waals surface area contributed by atoms with Gasteiger partial charge < -0.3 is 10.1 Å². The normalized spacial score (nSPS) is 19.1. The molecule has 1 aromatic heterocycles. The van der Waals surface area contributed by atoms with E-state index in [0.29, 0.717) is 6.54 Å². The van der Waals surface area contributed by atoms with E-state index < -0.39 is 0 Å². The van der Waals surface area contributed by atoms with Gasteiger partial charge in [0.25, 0.3) is 0 Å². The minimum atomic E-state index is -0.214. The number of ether oxygens (including phenoxy) is 1. The summed E-state index contributed by atoms with van der Waals surface area (Å²) < 4.78 is 5.33. The molecule has 18 heavy (non-hydrogen) atoms. The van der Waals surface area contributed by atoms with E-state index in [1.54, 1.807) is 11.3 Å². The lowest BCUT2D eigenvalue weighted by atomic mass is 10.2. The van der Waals surface area contributed by atoms with Crippen LogP contribution in [-0.4, -0.2) is 30.1 Å². The van der Waals surface area contributed by atoms with Crippen molar-refractivity contribution in [3.8, 4) is 0 Å². The molecule has 0 saturated carbocycles. The van der Waals surface area contributed by atoms with Crippen LogP contribution in [0.3, 0.4) is 0 Å². The molecule has 1 N–H and O–H groups in total. The molecular formula is C13H20N2O2S. The van der Waals surface area contributed by atoms with Crippen LogP contribution in [0, 0.1) is 13.8 Å². The smallest absolute Gasteiger partial charge is 0.249 e. The SMILES string of the molecule is Cc1nc(CCCNC(=O)[C@@H]2CCCO2)sc1C. The summed E-state index contributed by atoms with van der Waals surface area (Å²) in [5.41, 5.74) is 1.12. The van der Waals surface area contributed by atoms with Crippen LogP contribution in [-0.2, 0) is 16.0 Å². The summed E-state index contributed by atoms with van der Waals surface area (Å²) >= 11 is 1.75. The van der Waals surface area contributed by atoms with E-state index in [0.717, 1.165) is 43.0 Å². The lowest BCUT2D eigenvalue weighted by Gasteiger charge is -2.09. The number of hydrogen-bond acceptors (Lipinski definition) is 4. The predicted molar refractivity (Wildman–Crippen MR) is 71.9 cm³/mol. The fraction of sp³-hybridized carbons (Fsp3) is 0.692. The zero-order valence-electron chi connectivity index (χ0n) is 11.0. The second-order valence-electron chi connectivity index (χ2n) is 4.65. The van der Waals surface area contributed by atoms with Crippen LogP contribution >= 0.6 is 11.3 Å². The molecule has 0 unspecified atom stereocenters. The maximum absolute atomic E-state index is 11.7. The summed E-state index contributed by atoms with van der Waals surface area (Å²) in [6.45, 7) is 5.55. The number of nitrogens with zero attached hydrogens (tertiary/aromatic N) is 1. The lowest BCUT2D eigenvalue weighted by molar-refractivity contribution is -0.130. The van der Waals surface area contributed by atoms with Gasteiger partial charge in [0.2, 0.25) is 5.91 Å². The second kappa shape index (κ2) is 6.29. The summed E-state index contributed by atoms with van der Waals surface area (Å²) in [5.74, 6) is 0.0407. The fourth-order valence-corrected chi connectivity index (χ4v) is 2.97. The number of hydrogen-bond donors (Lipinski definition) is 1. The highest BCUT2D eigenvalue weighted by atomic mass is 32.1. The van der Waals surface area contributed by atoms with Gasteiger partial charge in [-0.2, -0.15) is 0 Å². The van der Waals surface area contributed by atoms with Crippen molar-refractivity contribution in [2.24, 2.45) is 0 Å². The number of aromatic nitrogens is 1. The van der Waals surface area contributed by atoms with E-state index in [1.807, 2.05) is 6.92 Å². The Morgan fingerprint density at radius 2 is 2.39 bits per heavy atom. The summed E-state index contributed by atoms with van der Waals surface area (Å²) in [5, 5.41) is 4.09. The van der Waals surface area contributed by atoms with Gasteiger partial charge in [-0.05, 0) is 33.1 Å². The first-order valence-electron chi connectivity index (χ1n) is 6.49. The van der Waals surface area contributed by atoms with Crippen LogP contribution in [0.4, 0.5) is 0 Å². The third-order valence-corrected chi connectivity index (χ3v) is 4.29. The standard InChI is InChI=1S/C13H20N2O2S/c1-9-10(2)18-12(15-9)6-3-7-14-13(16)11-5-4-8-17-11/h11H,3-8H2,1-2H3,(H,14,16)/t11-/m0/s1. The number of nitrogens with one attached hydrogen (secondary N) is 1. The molecule has 0 aromatic carbocycles. The van der Waals surface area contributed by atoms with Crippen molar-refractivity contribution < 1.29 is 9.53 Å². The van der Waals surface area contributed by atoms with Crippen LogP contribution in [0.15, 0.2) is 0 Å². The maximum atomic E-state index is 11.7. The molecule has 1 aromatic rings. The highest BCUT2D eigenvalue weighted by molar-refractivity contribution is 7.11. The lowest BCUT2D eigenvalue weighted by Crippen LogP contribution is -2.34. The number of carbonyl (C=O) groups excluding carboxylic acids is 1. The molecule has 100 valence electrons. The van der Waals surface area contributed by atoms with Crippen LogP contribution in [0.1, 0.15) is 34.8 Å². The summed E-state index contributed by atoms with van der Waals surface area (Å²) in [4.78, 5) is 17.4. The number of rotatable bonds is 5. The molecule has 1 amide bonds. The summed E-state index contributed by atoms with van der Waals surface area (Å²) in [6.07, 6.45) is 3.51. The monoisotopic (exact) mass is 268 g/mol. The van der Waals surface area contributed by atoms with Crippen molar-refractivity contribution in [3.05, 3.63) is 15.6 Å². The molecule has 1 saturated heterocycles. The number of aryl methyl sites for hydroxylation is 3. The molecule has 0 spiro atoms. The van der Waals surface area contributed by atoms with Crippen LogP contribution in [0.5, 0.6) is 0 Å². The van der Waals surface area contributed by atoms with Crippen LogP contribution < -0.4 is 5.32 Å². The van der Waals surface area contributed by atoms with Gasteiger partial charge in [0.1, 0.15) is 6.10 Å². The minimum absolute atomic E-state index is 0.0407. The van der Waals surface area contributed by atoms with Crippen molar-refractivity contribution in [2.45, 2.75) is 45.6 Å². The maximum Gasteiger partial charge on any atom is 0.249 e. The van der Waals surface area contributed by atoms with Crippen LogP contribution in [0.2, 0.25) is 0 Å². The first-order chi connectivity index (χ1) is 8.66. The Bertz CT molecular complexity index is 392. The highest BCUT2D eigenvalue weighted by Crippen LogP contribution is 2.17. The molecule has 1 fully saturated rings. The Hall–Kier alpha value is -0.940. The van der Waals surface area contributed by atoms with E-state index in [2.05, 4.69) is 17.2 Å².